The summed E-state index contributed by atoms with van der Waals surface area (Å²) in [5.74, 6) is -0.0231. The molecule has 1 aliphatic rings. The van der Waals surface area contributed by atoms with Gasteiger partial charge in [-0.1, -0.05) is 6.92 Å². The normalized spacial score (nSPS) is 17.9. The number of thiazole rings is 1. The lowest BCUT2D eigenvalue weighted by atomic mass is 10.1. The van der Waals surface area contributed by atoms with Crippen molar-refractivity contribution in [3.63, 3.8) is 0 Å². The Balaban J connectivity index is 1.98. The van der Waals surface area contributed by atoms with Crippen molar-refractivity contribution in [3.8, 4) is 0 Å². The second-order valence-electron chi connectivity index (χ2n) is 5.28. The third-order valence-corrected chi connectivity index (χ3v) is 6.26. The molecule has 8 heteroatoms. The van der Waals surface area contributed by atoms with E-state index in [0.717, 1.165) is 11.4 Å². The summed E-state index contributed by atoms with van der Waals surface area (Å²) < 4.78 is 24.5. The van der Waals surface area contributed by atoms with Crippen molar-refractivity contribution in [2.45, 2.75) is 32.2 Å². The predicted molar refractivity (Wildman–Crippen MR) is 83.0 cm³/mol. The largest absolute Gasteiger partial charge is 0.338 e. The molecule has 0 atom stereocenters. The molecule has 0 spiro atoms. The number of carbonyl (C=O) groups excluding carboxylic acids is 1. The fourth-order valence-electron chi connectivity index (χ4n) is 2.47. The minimum absolute atomic E-state index is 0.0231. The fraction of sp³-hybridized carbons (Fsp3) is 0.692. The molecular formula is C13H21N3O3S2. The number of hydrogen-bond acceptors (Lipinski definition) is 5. The number of piperidine rings is 1. The van der Waals surface area contributed by atoms with Gasteiger partial charge in [0, 0.05) is 26.2 Å². The van der Waals surface area contributed by atoms with Gasteiger partial charge in [0.15, 0.2) is 0 Å². The van der Waals surface area contributed by atoms with E-state index in [-0.39, 0.29) is 11.9 Å². The van der Waals surface area contributed by atoms with Gasteiger partial charge in [-0.05, 0) is 19.3 Å². The Kier molecular flexibility index (Phi) is 5.00. The third kappa shape index (κ3) is 3.81. The molecule has 0 radical (unpaired) electrons. The van der Waals surface area contributed by atoms with Crippen LogP contribution in [0.15, 0.2) is 6.20 Å². The van der Waals surface area contributed by atoms with Crippen LogP contribution in [0.5, 0.6) is 0 Å². The highest BCUT2D eigenvalue weighted by atomic mass is 32.2. The van der Waals surface area contributed by atoms with E-state index in [1.54, 1.807) is 18.1 Å². The van der Waals surface area contributed by atoms with Gasteiger partial charge in [0.1, 0.15) is 4.88 Å². The van der Waals surface area contributed by atoms with E-state index in [9.17, 15) is 13.2 Å². The minimum Gasteiger partial charge on any atom is -0.338 e. The Morgan fingerprint density at radius 3 is 2.57 bits per heavy atom. The summed E-state index contributed by atoms with van der Waals surface area (Å²) in [6, 6.07) is 0.0858. The Bertz CT molecular complexity index is 604. The van der Waals surface area contributed by atoms with Crippen molar-refractivity contribution in [2.24, 2.45) is 0 Å². The van der Waals surface area contributed by atoms with Crippen molar-refractivity contribution in [2.75, 3.05) is 26.4 Å². The molecule has 0 saturated carbocycles. The summed E-state index contributed by atoms with van der Waals surface area (Å²) in [6.07, 6.45) is 5.04. The highest BCUT2D eigenvalue weighted by Crippen LogP contribution is 2.21. The third-order valence-electron chi connectivity index (χ3n) is 3.83. The molecule has 1 saturated heterocycles. The number of aromatic nitrogens is 1. The smallest absolute Gasteiger partial charge is 0.265 e. The first-order valence-electron chi connectivity index (χ1n) is 7.00. The van der Waals surface area contributed by atoms with Crippen LogP contribution in [0.2, 0.25) is 0 Å². The molecule has 6 nitrogen and oxygen atoms in total. The highest BCUT2D eigenvalue weighted by Gasteiger charge is 2.29. The number of nitrogens with zero attached hydrogens (tertiary/aromatic N) is 3. The van der Waals surface area contributed by atoms with Gasteiger partial charge in [0.2, 0.25) is 10.0 Å². The number of amides is 1. The number of sulfonamides is 1. The summed E-state index contributed by atoms with van der Waals surface area (Å²) >= 11 is 1.43. The van der Waals surface area contributed by atoms with Gasteiger partial charge >= 0.3 is 0 Å². The quantitative estimate of drug-likeness (QED) is 0.831. The molecule has 0 N–H and O–H groups in total. The van der Waals surface area contributed by atoms with Crippen LogP contribution in [0.25, 0.3) is 0 Å². The zero-order chi connectivity index (χ0) is 15.6. The van der Waals surface area contributed by atoms with Crippen LogP contribution < -0.4 is 0 Å². The average molecular weight is 331 g/mol. The molecule has 1 amide bonds. The summed E-state index contributed by atoms with van der Waals surface area (Å²) in [5.41, 5.74) is 0. The van der Waals surface area contributed by atoms with E-state index in [1.165, 1.54) is 21.9 Å². The lowest BCUT2D eigenvalue weighted by Crippen LogP contribution is -2.46. The maximum absolute atomic E-state index is 12.4. The summed E-state index contributed by atoms with van der Waals surface area (Å²) in [5, 5.41) is 0.957. The Labute approximate surface area is 129 Å². The maximum Gasteiger partial charge on any atom is 0.265 e. The number of carbonyl (C=O) groups is 1. The molecule has 0 unspecified atom stereocenters. The monoisotopic (exact) mass is 331 g/mol. The molecule has 1 aromatic rings. The first kappa shape index (κ1) is 16.4. The molecule has 1 fully saturated rings. The van der Waals surface area contributed by atoms with E-state index in [1.807, 2.05) is 6.92 Å². The lowest BCUT2D eigenvalue weighted by molar-refractivity contribution is 0.0687. The molecule has 0 aliphatic carbocycles. The Hall–Kier alpha value is -0.990. The zero-order valence-corrected chi connectivity index (χ0v) is 14.2. The van der Waals surface area contributed by atoms with E-state index < -0.39 is 10.0 Å². The van der Waals surface area contributed by atoms with Gasteiger partial charge in [-0.15, -0.1) is 11.3 Å². The van der Waals surface area contributed by atoms with Gasteiger partial charge < -0.3 is 4.90 Å². The van der Waals surface area contributed by atoms with Crippen LogP contribution in [0.3, 0.4) is 0 Å². The van der Waals surface area contributed by atoms with Crippen molar-refractivity contribution in [1.82, 2.24) is 14.2 Å². The maximum atomic E-state index is 12.4. The standard InChI is InChI=1S/C13H21N3O3S2/c1-4-12-14-9-11(20-12)13(17)15(2)10-5-7-16(8-6-10)21(3,18)19/h9-10H,4-8H2,1-3H3. The van der Waals surface area contributed by atoms with Crippen LogP contribution in [-0.2, 0) is 16.4 Å². The Morgan fingerprint density at radius 1 is 1.48 bits per heavy atom. The first-order chi connectivity index (χ1) is 9.82. The molecule has 118 valence electrons. The summed E-state index contributed by atoms with van der Waals surface area (Å²) in [7, 11) is -1.34. The van der Waals surface area contributed by atoms with Crippen molar-refractivity contribution in [1.29, 1.82) is 0 Å². The van der Waals surface area contributed by atoms with E-state index >= 15 is 0 Å². The summed E-state index contributed by atoms with van der Waals surface area (Å²) in [4.78, 5) is 19.0. The van der Waals surface area contributed by atoms with Gasteiger partial charge in [0.25, 0.3) is 5.91 Å². The first-order valence-corrected chi connectivity index (χ1v) is 9.66. The van der Waals surface area contributed by atoms with Crippen LogP contribution in [0, 0.1) is 0 Å². The molecule has 1 aliphatic heterocycles. The molecule has 2 rings (SSSR count). The number of hydrogen-bond donors (Lipinski definition) is 0. The fourth-order valence-corrected chi connectivity index (χ4v) is 4.19. The highest BCUT2D eigenvalue weighted by molar-refractivity contribution is 7.88. The molecule has 21 heavy (non-hydrogen) atoms. The van der Waals surface area contributed by atoms with Gasteiger partial charge in [0.05, 0.1) is 17.5 Å². The van der Waals surface area contributed by atoms with E-state index in [2.05, 4.69) is 4.98 Å². The molecule has 2 heterocycles. The van der Waals surface area contributed by atoms with Gasteiger partial charge in [-0.2, -0.15) is 0 Å². The van der Waals surface area contributed by atoms with E-state index in [0.29, 0.717) is 30.8 Å². The van der Waals surface area contributed by atoms with Crippen LogP contribution >= 0.6 is 11.3 Å². The lowest BCUT2D eigenvalue weighted by Gasteiger charge is -2.35. The number of rotatable bonds is 4. The second-order valence-corrected chi connectivity index (χ2v) is 8.38. The van der Waals surface area contributed by atoms with Crippen molar-refractivity contribution < 1.29 is 13.2 Å². The summed E-state index contributed by atoms with van der Waals surface area (Å²) in [6.45, 7) is 2.96. The molecule has 1 aromatic heterocycles. The average Bonchev–Trinajstić information content (AvgIpc) is 2.94. The van der Waals surface area contributed by atoms with E-state index in [4.69, 9.17) is 0 Å². The second kappa shape index (κ2) is 6.41. The van der Waals surface area contributed by atoms with Gasteiger partial charge in [-0.3, -0.25) is 4.79 Å². The van der Waals surface area contributed by atoms with Crippen LogP contribution in [-0.4, -0.2) is 60.9 Å². The molecule has 0 aromatic carbocycles. The minimum atomic E-state index is -3.13. The molecular weight excluding hydrogens is 310 g/mol. The van der Waals surface area contributed by atoms with Crippen molar-refractivity contribution >= 4 is 27.3 Å². The predicted octanol–water partition coefficient (Wildman–Crippen LogP) is 1.20. The van der Waals surface area contributed by atoms with Crippen LogP contribution in [0.1, 0.15) is 34.4 Å². The topological polar surface area (TPSA) is 70.6 Å². The Morgan fingerprint density at radius 2 is 2.10 bits per heavy atom. The SMILES string of the molecule is CCc1ncc(C(=O)N(C)C2CCN(S(C)(=O)=O)CC2)s1. The zero-order valence-electron chi connectivity index (χ0n) is 12.6. The van der Waals surface area contributed by atoms with Gasteiger partial charge in [-0.25, -0.2) is 17.7 Å². The number of aryl methyl sites for hydroxylation is 1. The van der Waals surface area contributed by atoms with Crippen LogP contribution in [0.4, 0.5) is 0 Å². The van der Waals surface area contributed by atoms with Crippen molar-refractivity contribution in [3.05, 3.63) is 16.1 Å². The molecule has 0 bridgehead atoms.